The number of nitrogens with zero attached hydrogens (tertiary/aromatic N) is 9. The third-order valence-electron chi connectivity index (χ3n) is 24.6. The molecular weight excluding hydrogens is 1470 g/mol. The van der Waals surface area contributed by atoms with E-state index in [0.29, 0.717) is 49.8 Å². The number of likely N-dealkylation sites (N-methyl/N-ethyl adjacent to an activating group) is 6. The largest absolute Gasteiger partial charge is 0.397 e. The average Bonchev–Trinajstić information content (AvgIpc) is 1.20. The van der Waals surface area contributed by atoms with Crippen LogP contribution in [0.2, 0.25) is 0 Å². The molecule has 3 saturated heterocycles. The number of carbonyl (C=O) groups excluding carboxylic acids is 12. The van der Waals surface area contributed by atoms with E-state index in [2.05, 4.69) is 16.0 Å². The summed E-state index contributed by atoms with van der Waals surface area (Å²) >= 11 is 0. The van der Waals surface area contributed by atoms with Gasteiger partial charge in [0.1, 0.15) is 72.1 Å². The van der Waals surface area contributed by atoms with Gasteiger partial charge in [-0.15, -0.1) is 0 Å². The minimum Gasteiger partial charge on any atom is -0.377 e. The van der Waals surface area contributed by atoms with Crippen LogP contribution in [0.5, 0.6) is 0 Å². The van der Waals surface area contributed by atoms with Gasteiger partial charge in [0.05, 0.1) is 31.5 Å². The first kappa shape index (κ1) is 88.2. The summed E-state index contributed by atoms with van der Waals surface area (Å²) in [6, 6.07) is -12.8. The lowest BCUT2D eigenvalue weighted by Crippen LogP contribution is -2.68. The Hall–Kier alpha value is -7.36. The number of hydrogen-bond acceptors (Lipinski definition) is 13. The molecule has 35 heteroatoms. The monoisotopic (exact) mass is 1580 g/mol. The van der Waals surface area contributed by atoms with E-state index in [1.807, 2.05) is 0 Å². The third-order valence-corrected chi connectivity index (χ3v) is 24.6. The predicted molar refractivity (Wildman–Crippen MR) is 379 cm³/mol. The molecule has 3 unspecified atom stereocenters. The van der Waals surface area contributed by atoms with Gasteiger partial charge in [0.25, 0.3) is 0 Å². The molecule has 3 N–H and O–H groups in total. The molecule has 4 saturated carbocycles. The second-order valence-corrected chi connectivity index (χ2v) is 32.0. The number of alkyl halides is 10. The number of carbonyl (C=O) groups is 12. The van der Waals surface area contributed by atoms with Gasteiger partial charge < -0.3 is 64.8 Å². The van der Waals surface area contributed by atoms with E-state index in [4.69, 9.17) is 4.74 Å². The molecule has 1 spiro atoms. The van der Waals surface area contributed by atoms with Crippen LogP contribution in [0.25, 0.3) is 0 Å². The molecule has 4 aliphatic carbocycles. The second-order valence-electron chi connectivity index (χ2n) is 32.0. The number of halogens is 10. The number of hydrogen-bond donors (Lipinski definition) is 3. The van der Waals surface area contributed by atoms with Crippen LogP contribution in [0.15, 0.2) is 12.2 Å². The van der Waals surface area contributed by atoms with Gasteiger partial charge in [-0.1, -0.05) is 45.3 Å². The van der Waals surface area contributed by atoms with Crippen LogP contribution in [0.3, 0.4) is 0 Å². The van der Waals surface area contributed by atoms with Crippen molar-refractivity contribution in [1.29, 1.82) is 0 Å². The Kier molecular flexibility index (Phi) is 30.5. The van der Waals surface area contributed by atoms with Crippen molar-refractivity contribution in [2.45, 2.75) is 266 Å². The topological polar surface area (TPSA) is 279 Å². The van der Waals surface area contributed by atoms with Gasteiger partial charge in [-0.3, -0.25) is 57.5 Å². The lowest BCUT2D eigenvalue weighted by Gasteiger charge is -2.46. The molecule has 110 heavy (non-hydrogen) atoms. The van der Waals surface area contributed by atoms with Crippen molar-refractivity contribution < 1.29 is 106 Å². The van der Waals surface area contributed by atoms with Crippen molar-refractivity contribution >= 4 is 70.9 Å². The fraction of sp³-hybridized carbons (Fsp3) is 0.813. The van der Waals surface area contributed by atoms with E-state index in [1.54, 1.807) is 32.9 Å². The second kappa shape index (κ2) is 38.0. The Morgan fingerprint density at radius 3 is 1.82 bits per heavy atom. The summed E-state index contributed by atoms with van der Waals surface area (Å²) in [7, 11) is 7.36. The Morgan fingerprint density at radius 1 is 0.618 bits per heavy atom. The fourth-order valence-corrected chi connectivity index (χ4v) is 17.6. The summed E-state index contributed by atoms with van der Waals surface area (Å²) in [5.41, 5.74) is -1.75. The van der Waals surface area contributed by atoms with Gasteiger partial charge >= 0.3 is 12.4 Å². The highest BCUT2D eigenvalue weighted by molar-refractivity contribution is 6.01. The molecule has 0 aromatic rings. The number of likely N-dealkylation sites (tertiary alicyclic amines) is 1. The first-order valence-electron chi connectivity index (χ1n) is 39.1. The summed E-state index contributed by atoms with van der Waals surface area (Å²) in [5.74, 6) is -18.5. The lowest BCUT2D eigenvalue weighted by atomic mass is 9.74. The maximum atomic E-state index is 15.6. The van der Waals surface area contributed by atoms with Crippen molar-refractivity contribution in [3.05, 3.63) is 12.2 Å². The predicted octanol–water partition coefficient (Wildman–Crippen LogP) is 6.49. The van der Waals surface area contributed by atoms with Crippen molar-refractivity contribution in [3.8, 4) is 0 Å². The third kappa shape index (κ3) is 21.1. The molecular formula is C75H112F10N12O13. The van der Waals surface area contributed by atoms with E-state index < -0.39 is 243 Å². The number of rotatable bonds is 13. The minimum atomic E-state index is -5.23. The average molecular weight is 1580 g/mol. The van der Waals surface area contributed by atoms with E-state index >= 15 is 37.5 Å². The quantitative estimate of drug-likeness (QED) is 0.131. The van der Waals surface area contributed by atoms with Gasteiger partial charge in [0, 0.05) is 87.9 Å². The number of fused-ring (bicyclic) bond motifs is 3. The van der Waals surface area contributed by atoms with Gasteiger partial charge in [-0.05, 0) is 146 Å². The van der Waals surface area contributed by atoms with E-state index in [9.17, 15) is 63.9 Å². The van der Waals surface area contributed by atoms with Gasteiger partial charge in [-0.2, -0.15) is 26.3 Å². The smallest absolute Gasteiger partial charge is 0.377 e. The highest BCUT2D eigenvalue weighted by Gasteiger charge is 2.56. The zero-order chi connectivity index (χ0) is 81.2. The van der Waals surface area contributed by atoms with Crippen molar-refractivity contribution in [1.82, 2.24) is 60.0 Å². The van der Waals surface area contributed by atoms with E-state index in [1.165, 1.54) is 49.9 Å². The van der Waals surface area contributed by atoms with Gasteiger partial charge in [0.15, 0.2) is 0 Å². The highest BCUT2D eigenvalue weighted by atomic mass is 19.4. The normalized spacial score (nSPS) is 32.4. The Balaban J connectivity index is 1.21. The van der Waals surface area contributed by atoms with Crippen molar-refractivity contribution in [2.24, 2.45) is 35.5 Å². The Bertz CT molecular complexity index is 3300. The maximum Gasteiger partial charge on any atom is 0.397 e. The standard InChI is InChI=1S/C75H112F10N12O13/c1-10-43(3)62-70(107)90(5)42-60(100)91(6)52-22-13-12-16-33-96(69(52)106)56(36-44-23-26-47(27-24-44)74(80,81)82)67(104)89(4)41-58(98)86-51(28-25-45-34-49(76)61(50(77)35-45)75(83,84)85)66(103)97-40-48(110-11-2)37-54(97)65(102)88-73(29-19-30-73)72(109)94(9)63(46-20-14-15-21-46)71(108)93(8)55(68(105)95-31-17-18-32-95)39-59(99)92(7)53(38-57(78)79)64(101)87-62/h12-13,43-57,61-63H,10-11,14-42H2,1-9H3,(H,86,98)(H,87,101)(H,88,102)/b13-12-/t43-,44?,45?,47?,48+,49?,50?,51-,52?,53-,54-,55-,56-,61?,62-,63-/m0/s1. The van der Waals surface area contributed by atoms with Crippen molar-refractivity contribution in [2.75, 3.05) is 88.2 Å². The van der Waals surface area contributed by atoms with Crippen LogP contribution in [-0.4, -0.2) is 294 Å². The molecule has 7 fully saturated rings. The molecule has 25 nitrogen and oxygen atoms in total. The molecule has 0 aromatic carbocycles. The van der Waals surface area contributed by atoms with Crippen molar-refractivity contribution in [3.63, 3.8) is 0 Å². The molecule has 12 atom stereocenters. The van der Waals surface area contributed by atoms with Crippen LogP contribution < -0.4 is 16.0 Å². The molecule has 620 valence electrons. The van der Waals surface area contributed by atoms with Crippen LogP contribution in [0.4, 0.5) is 43.9 Å². The van der Waals surface area contributed by atoms with Crippen LogP contribution in [0, 0.1) is 35.5 Å². The Morgan fingerprint density at radius 2 is 1.25 bits per heavy atom. The first-order chi connectivity index (χ1) is 51.7. The molecule has 12 amide bonds. The maximum absolute atomic E-state index is 15.6. The fourth-order valence-electron chi connectivity index (χ4n) is 17.6. The highest BCUT2D eigenvalue weighted by Crippen LogP contribution is 2.46. The minimum absolute atomic E-state index is 0.0130. The lowest BCUT2D eigenvalue weighted by molar-refractivity contribution is -0.219. The van der Waals surface area contributed by atoms with Crippen LogP contribution in [0.1, 0.15) is 175 Å². The van der Waals surface area contributed by atoms with E-state index in [0.717, 1.165) is 31.5 Å². The zero-order valence-corrected chi connectivity index (χ0v) is 64.6. The Labute approximate surface area is 636 Å². The van der Waals surface area contributed by atoms with Gasteiger partial charge in [0.2, 0.25) is 77.3 Å². The molecule has 8 rings (SSSR count). The summed E-state index contributed by atoms with van der Waals surface area (Å²) in [6.45, 7) is 3.18. The van der Waals surface area contributed by atoms with Gasteiger partial charge in [-0.25, -0.2) is 17.6 Å². The number of amides is 12. The first-order valence-corrected chi connectivity index (χ1v) is 39.1. The molecule has 0 aromatic heterocycles. The summed E-state index contributed by atoms with van der Waals surface area (Å²) in [6.07, 6.45) is -17.9. The molecule has 8 aliphatic rings. The molecule has 0 radical (unpaired) electrons. The van der Waals surface area contributed by atoms with E-state index in [-0.39, 0.29) is 110 Å². The molecule has 4 heterocycles. The molecule has 4 aliphatic heterocycles. The van der Waals surface area contributed by atoms with Crippen LogP contribution >= 0.6 is 0 Å². The summed E-state index contributed by atoms with van der Waals surface area (Å²) in [4.78, 5) is 191. The SMILES string of the molecule is CCO[C@@H]1C[C@H]2C(=O)NC3(CCC3)C(=O)N(C)[C@@H](C3CCCC3)C(=O)N(C)[C@H](C(=O)N3CCCC3)CC(=O)N(C)[C@@H](CC(F)F)C(=O)N[C@@H]([C@@H](C)CC)C(=O)N(C)CC(=O)N(C)C3C/C=C\CCN(C3=O)[C@@H](CC3CCC(C(F)(F)F)CC3)C(=O)N(C)CC(=O)N[C@@H](CCC3CC(F)C(C(F)(F)F)C(F)C3)C(=O)N2C1. The number of nitrogens with one attached hydrogen (secondary N) is 3. The van der Waals surface area contributed by atoms with Crippen LogP contribution in [-0.2, 0) is 62.3 Å². The number of ether oxygens (including phenoxy) is 1. The summed E-state index contributed by atoms with van der Waals surface area (Å²) < 4.78 is 151. The zero-order valence-electron chi connectivity index (χ0n) is 64.6. The molecule has 2 bridgehead atoms. The summed E-state index contributed by atoms with van der Waals surface area (Å²) in [5, 5.41) is 8.05.